The van der Waals surface area contributed by atoms with Crippen molar-refractivity contribution in [1.82, 2.24) is 14.5 Å². The van der Waals surface area contributed by atoms with E-state index in [-0.39, 0.29) is 43.7 Å². The van der Waals surface area contributed by atoms with Crippen LogP contribution in [0.1, 0.15) is 25.3 Å². The summed E-state index contributed by atoms with van der Waals surface area (Å²) < 4.78 is 20.3. The van der Waals surface area contributed by atoms with Gasteiger partial charge in [0.1, 0.15) is 17.3 Å². The lowest BCUT2D eigenvalue weighted by Gasteiger charge is -2.27. The molecule has 1 aromatic carbocycles. The second-order valence-corrected chi connectivity index (χ2v) is 7.25. The van der Waals surface area contributed by atoms with E-state index >= 15 is 0 Å². The second kappa shape index (κ2) is 11.3. The zero-order valence-corrected chi connectivity index (χ0v) is 18.2. The number of nitrogen functional groups attached to an aromatic ring is 1. The van der Waals surface area contributed by atoms with Gasteiger partial charge in [0, 0.05) is 39.4 Å². The molecular formula is C21H30FN5O4. The Labute approximate surface area is 180 Å². The van der Waals surface area contributed by atoms with Crippen molar-refractivity contribution in [2.24, 2.45) is 0 Å². The number of ether oxygens (including phenoxy) is 1. The molecule has 0 fully saturated rings. The Balaban J connectivity index is 2.31. The van der Waals surface area contributed by atoms with Crippen molar-refractivity contribution in [1.29, 1.82) is 0 Å². The van der Waals surface area contributed by atoms with Crippen LogP contribution in [0.15, 0.2) is 33.9 Å². The van der Waals surface area contributed by atoms with Crippen LogP contribution in [0.4, 0.5) is 15.9 Å². The van der Waals surface area contributed by atoms with Crippen LogP contribution in [-0.4, -0.2) is 54.2 Å². The molecule has 0 bridgehead atoms. The predicted molar refractivity (Wildman–Crippen MR) is 118 cm³/mol. The molecule has 0 unspecified atom stereocenters. The fraction of sp³-hybridized carbons (Fsp3) is 0.476. The smallest absolute Gasteiger partial charge is 0.330 e. The van der Waals surface area contributed by atoms with Gasteiger partial charge in [-0.3, -0.25) is 19.1 Å². The lowest BCUT2D eigenvalue weighted by atomic mass is 10.2. The molecule has 0 atom stereocenters. The van der Waals surface area contributed by atoms with Crippen LogP contribution < -0.4 is 21.9 Å². The number of H-pyrrole nitrogens is 1. The van der Waals surface area contributed by atoms with Gasteiger partial charge in [-0.05, 0) is 12.5 Å². The van der Waals surface area contributed by atoms with Crippen LogP contribution in [0.2, 0.25) is 0 Å². The molecule has 1 heterocycles. The molecule has 0 aliphatic rings. The molecule has 0 aliphatic heterocycles. The fourth-order valence-corrected chi connectivity index (χ4v) is 3.15. The van der Waals surface area contributed by atoms with E-state index in [0.29, 0.717) is 18.5 Å². The Bertz CT molecular complexity index is 1000. The fourth-order valence-electron chi connectivity index (χ4n) is 3.15. The molecule has 0 saturated heterocycles. The first-order valence-electron chi connectivity index (χ1n) is 10.1. The molecule has 10 heteroatoms. The van der Waals surface area contributed by atoms with E-state index in [0.717, 1.165) is 6.42 Å². The third kappa shape index (κ3) is 6.17. The minimum Gasteiger partial charge on any atom is -0.383 e. The zero-order chi connectivity index (χ0) is 23.0. The quantitative estimate of drug-likeness (QED) is 0.548. The highest BCUT2D eigenvalue weighted by Gasteiger charge is 2.22. The second-order valence-electron chi connectivity index (χ2n) is 7.25. The molecule has 9 nitrogen and oxygen atoms in total. The van der Waals surface area contributed by atoms with Crippen LogP contribution in [-0.2, 0) is 22.6 Å². The zero-order valence-electron chi connectivity index (χ0n) is 18.2. The molecule has 0 spiro atoms. The van der Waals surface area contributed by atoms with E-state index in [4.69, 9.17) is 10.5 Å². The highest BCUT2D eigenvalue weighted by atomic mass is 19.1. The van der Waals surface area contributed by atoms with E-state index in [1.807, 2.05) is 6.92 Å². The van der Waals surface area contributed by atoms with Crippen LogP contribution in [0.5, 0.6) is 0 Å². The number of likely N-dealkylation sites (N-methyl/N-ethyl adjacent to an activating group) is 1. The Hall–Kier alpha value is -3.14. The lowest BCUT2D eigenvalue weighted by molar-refractivity contribution is -0.129. The number of methoxy groups -OCH3 is 1. The first-order valence-corrected chi connectivity index (χ1v) is 10.1. The number of halogens is 1. The first-order chi connectivity index (χ1) is 14.8. The van der Waals surface area contributed by atoms with Gasteiger partial charge in [-0.1, -0.05) is 31.5 Å². The third-order valence-electron chi connectivity index (χ3n) is 4.95. The maximum absolute atomic E-state index is 13.9. The molecule has 0 radical (unpaired) electrons. The van der Waals surface area contributed by atoms with E-state index < -0.39 is 17.1 Å². The summed E-state index contributed by atoms with van der Waals surface area (Å²) in [7, 11) is 3.05. The number of carbonyl (C=O) groups is 1. The van der Waals surface area contributed by atoms with Gasteiger partial charge in [0.05, 0.1) is 13.2 Å². The van der Waals surface area contributed by atoms with Crippen molar-refractivity contribution in [2.75, 3.05) is 44.5 Å². The third-order valence-corrected chi connectivity index (χ3v) is 4.95. The number of benzene rings is 1. The SMILES string of the molecule is CCCCn1c(N)c(N(CCOC)CC(=O)N(C)Cc2ccccc2F)c(=O)[nH]c1=O. The number of amides is 1. The molecule has 2 aromatic rings. The topological polar surface area (TPSA) is 114 Å². The number of hydrogen-bond donors (Lipinski definition) is 2. The van der Waals surface area contributed by atoms with Crippen molar-refractivity contribution in [3.8, 4) is 0 Å². The van der Waals surface area contributed by atoms with Crippen LogP contribution >= 0.6 is 0 Å². The van der Waals surface area contributed by atoms with Gasteiger partial charge >= 0.3 is 5.69 Å². The molecule has 2 rings (SSSR count). The van der Waals surface area contributed by atoms with Crippen molar-refractivity contribution in [3.63, 3.8) is 0 Å². The van der Waals surface area contributed by atoms with Crippen LogP contribution in [0, 0.1) is 5.82 Å². The van der Waals surface area contributed by atoms with Gasteiger partial charge in [0.2, 0.25) is 5.91 Å². The van der Waals surface area contributed by atoms with Gasteiger partial charge in [-0.15, -0.1) is 0 Å². The summed E-state index contributed by atoms with van der Waals surface area (Å²) in [4.78, 5) is 42.8. The molecule has 0 aliphatic carbocycles. The Morgan fingerprint density at radius 1 is 1.29 bits per heavy atom. The monoisotopic (exact) mass is 435 g/mol. The maximum Gasteiger partial charge on any atom is 0.330 e. The molecule has 170 valence electrons. The number of rotatable bonds is 11. The number of hydrogen-bond acceptors (Lipinski definition) is 6. The number of carbonyl (C=O) groups excluding carboxylic acids is 1. The molecule has 1 aromatic heterocycles. The highest BCUT2D eigenvalue weighted by molar-refractivity contribution is 5.82. The number of unbranched alkanes of at least 4 members (excludes halogenated alkanes) is 1. The summed E-state index contributed by atoms with van der Waals surface area (Å²) in [5.41, 5.74) is 5.34. The Morgan fingerprint density at radius 3 is 2.65 bits per heavy atom. The van der Waals surface area contributed by atoms with Crippen LogP contribution in [0.25, 0.3) is 0 Å². The van der Waals surface area contributed by atoms with Gasteiger partial charge < -0.3 is 20.3 Å². The first kappa shape index (κ1) is 24.1. The summed E-state index contributed by atoms with van der Waals surface area (Å²) in [5, 5.41) is 0. The summed E-state index contributed by atoms with van der Waals surface area (Å²) in [6, 6.07) is 6.21. The molecule has 31 heavy (non-hydrogen) atoms. The van der Waals surface area contributed by atoms with Crippen molar-refractivity contribution in [2.45, 2.75) is 32.9 Å². The molecular weight excluding hydrogens is 405 g/mol. The summed E-state index contributed by atoms with van der Waals surface area (Å²) in [6.07, 6.45) is 1.55. The van der Waals surface area contributed by atoms with E-state index in [9.17, 15) is 18.8 Å². The largest absolute Gasteiger partial charge is 0.383 e. The van der Waals surface area contributed by atoms with E-state index in [1.54, 1.807) is 25.2 Å². The molecule has 0 saturated carbocycles. The van der Waals surface area contributed by atoms with Crippen molar-refractivity contribution >= 4 is 17.4 Å². The lowest BCUT2D eigenvalue weighted by Crippen LogP contribution is -2.44. The van der Waals surface area contributed by atoms with Crippen LogP contribution in [0.3, 0.4) is 0 Å². The standard InChI is InChI=1S/C21H30FN5O4/c1-4-5-10-27-19(23)18(20(29)24-21(27)30)26(11-12-31-3)14-17(28)25(2)13-15-8-6-7-9-16(15)22/h6-9H,4-5,10-14,23H2,1-3H3,(H,24,29,30). The molecule has 3 N–H and O–H groups in total. The summed E-state index contributed by atoms with van der Waals surface area (Å²) in [5.74, 6) is -0.741. The summed E-state index contributed by atoms with van der Waals surface area (Å²) in [6.45, 7) is 2.65. The van der Waals surface area contributed by atoms with Gasteiger partial charge in [0.25, 0.3) is 5.56 Å². The Morgan fingerprint density at radius 2 is 2.00 bits per heavy atom. The number of aromatic nitrogens is 2. The average Bonchev–Trinajstić information content (AvgIpc) is 2.73. The minimum absolute atomic E-state index is 0.00265. The number of nitrogens with two attached hydrogens (primary N) is 1. The average molecular weight is 436 g/mol. The summed E-state index contributed by atoms with van der Waals surface area (Å²) >= 11 is 0. The highest BCUT2D eigenvalue weighted by Crippen LogP contribution is 2.17. The molecule has 1 amide bonds. The minimum atomic E-state index is -0.670. The van der Waals surface area contributed by atoms with E-state index in [1.165, 1.54) is 27.5 Å². The van der Waals surface area contributed by atoms with Crippen molar-refractivity contribution < 1.29 is 13.9 Å². The van der Waals surface area contributed by atoms with Gasteiger partial charge in [0.15, 0.2) is 0 Å². The Kier molecular flexibility index (Phi) is 8.80. The number of nitrogens with zero attached hydrogens (tertiary/aromatic N) is 3. The van der Waals surface area contributed by atoms with Crippen molar-refractivity contribution in [3.05, 3.63) is 56.5 Å². The normalized spacial score (nSPS) is 10.8. The van der Waals surface area contributed by atoms with E-state index in [2.05, 4.69) is 4.98 Å². The maximum atomic E-state index is 13.9. The predicted octanol–water partition coefficient (Wildman–Crippen LogP) is 1.17. The number of anilines is 2. The number of nitrogens with one attached hydrogen (secondary N) is 1. The number of aromatic amines is 1. The van der Waals surface area contributed by atoms with Gasteiger partial charge in [-0.25, -0.2) is 9.18 Å². The van der Waals surface area contributed by atoms with Gasteiger partial charge in [-0.2, -0.15) is 0 Å².